The zero-order chi connectivity index (χ0) is 18.9. The SMILES string of the molecule is C[C@H](NC(=O)c1cc(C(F)(F)F)nn1C)c1cnc(-c2ccccc2)s1. The van der Waals surface area contributed by atoms with Gasteiger partial charge in [0.05, 0.1) is 6.04 Å². The second-order valence-corrected chi connectivity index (χ2v) is 6.73. The van der Waals surface area contributed by atoms with Crippen molar-refractivity contribution in [1.82, 2.24) is 20.1 Å². The van der Waals surface area contributed by atoms with Crippen molar-refractivity contribution in [1.29, 1.82) is 0 Å². The van der Waals surface area contributed by atoms with Crippen LogP contribution in [0.3, 0.4) is 0 Å². The van der Waals surface area contributed by atoms with Gasteiger partial charge in [0.1, 0.15) is 10.7 Å². The predicted octanol–water partition coefficient (Wildman–Crippen LogP) is 4.05. The number of rotatable bonds is 4. The number of aromatic nitrogens is 3. The van der Waals surface area contributed by atoms with Crippen LogP contribution < -0.4 is 5.32 Å². The minimum Gasteiger partial charge on any atom is -0.343 e. The Morgan fingerprint density at radius 3 is 2.58 bits per heavy atom. The van der Waals surface area contributed by atoms with Crippen molar-refractivity contribution in [3.8, 4) is 10.6 Å². The van der Waals surface area contributed by atoms with Crippen molar-refractivity contribution in [3.63, 3.8) is 0 Å². The Kier molecular flexibility index (Phi) is 4.82. The molecule has 0 saturated heterocycles. The number of hydrogen-bond acceptors (Lipinski definition) is 4. The molecule has 26 heavy (non-hydrogen) atoms. The van der Waals surface area contributed by atoms with Gasteiger partial charge in [0, 0.05) is 29.8 Å². The van der Waals surface area contributed by atoms with Gasteiger partial charge in [-0.2, -0.15) is 18.3 Å². The maximum absolute atomic E-state index is 12.7. The Labute approximate surface area is 151 Å². The Hall–Kier alpha value is -2.68. The van der Waals surface area contributed by atoms with E-state index in [2.05, 4.69) is 15.4 Å². The van der Waals surface area contributed by atoms with Crippen LogP contribution >= 0.6 is 11.3 Å². The van der Waals surface area contributed by atoms with Crippen molar-refractivity contribution in [2.75, 3.05) is 0 Å². The molecule has 3 rings (SSSR count). The van der Waals surface area contributed by atoms with Crippen LogP contribution in [-0.4, -0.2) is 20.7 Å². The Bertz CT molecular complexity index is 918. The first-order valence-electron chi connectivity index (χ1n) is 7.69. The molecular weight excluding hydrogens is 365 g/mol. The van der Waals surface area contributed by atoms with Crippen molar-refractivity contribution in [2.24, 2.45) is 7.05 Å². The lowest BCUT2D eigenvalue weighted by Gasteiger charge is -2.11. The van der Waals surface area contributed by atoms with Gasteiger partial charge >= 0.3 is 6.18 Å². The fourth-order valence-corrected chi connectivity index (χ4v) is 3.28. The fourth-order valence-electron chi connectivity index (χ4n) is 2.36. The van der Waals surface area contributed by atoms with Crippen LogP contribution in [0.2, 0.25) is 0 Å². The number of carbonyl (C=O) groups is 1. The van der Waals surface area contributed by atoms with E-state index in [9.17, 15) is 18.0 Å². The maximum Gasteiger partial charge on any atom is 0.435 e. The van der Waals surface area contributed by atoms with E-state index in [4.69, 9.17) is 0 Å². The van der Waals surface area contributed by atoms with Crippen molar-refractivity contribution in [2.45, 2.75) is 19.1 Å². The van der Waals surface area contributed by atoms with Gasteiger partial charge in [0.15, 0.2) is 5.69 Å². The summed E-state index contributed by atoms with van der Waals surface area (Å²) in [6.07, 6.45) is -2.94. The minimum atomic E-state index is -4.59. The quantitative estimate of drug-likeness (QED) is 0.743. The van der Waals surface area contributed by atoms with Gasteiger partial charge in [-0.3, -0.25) is 9.48 Å². The average Bonchev–Trinajstić information content (AvgIpc) is 3.22. The van der Waals surface area contributed by atoms with Crippen LogP contribution in [-0.2, 0) is 13.2 Å². The smallest absolute Gasteiger partial charge is 0.343 e. The lowest BCUT2D eigenvalue weighted by Crippen LogP contribution is -2.27. The number of hydrogen-bond donors (Lipinski definition) is 1. The number of alkyl halides is 3. The van der Waals surface area contributed by atoms with Crippen LogP contribution in [0.4, 0.5) is 13.2 Å². The van der Waals surface area contributed by atoms with Gasteiger partial charge in [-0.1, -0.05) is 30.3 Å². The molecule has 2 aromatic heterocycles. The normalized spacial score (nSPS) is 12.8. The third-order valence-corrected chi connectivity index (χ3v) is 4.95. The number of aryl methyl sites for hydroxylation is 1. The molecule has 2 heterocycles. The lowest BCUT2D eigenvalue weighted by atomic mass is 10.2. The number of carbonyl (C=O) groups excluding carboxylic acids is 1. The molecule has 0 spiro atoms. The predicted molar refractivity (Wildman–Crippen MR) is 91.6 cm³/mol. The third kappa shape index (κ3) is 3.77. The van der Waals surface area contributed by atoms with Crippen molar-refractivity contribution < 1.29 is 18.0 Å². The number of benzene rings is 1. The summed E-state index contributed by atoms with van der Waals surface area (Å²) in [6.45, 7) is 1.75. The maximum atomic E-state index is 12.7. The summed E-state index contributed by atoms with van der Waals surface area (Å²) in [4.78, 5) is 17.5. The number of nitrogens with one attached hydrogen (secondary N) is 1. The van der Waals surface area contributed by atoms with E-state index in [-0.39, 0.29) is 5.69 Å². The number of thiazole rings is 1. The van der Waals surface area contributed by atoms with E-state index in [0.717, 1.165) is 26.2 Å². The summed E-state index contributed by atoms with van der Waals surface area (Å²) >= 11 is 1.42. The number of nitrogens with zero attached hydrogens (tertiary/aromatic N) is 3. The number of halogens is 3. The van der Waals surface area contributed by atoms with E-state index < -0.39 is 23.8 Å². The molecular formula is C17H15F3N4OS. The summed E-state index contributed by atoms with van der Waals surface area (Å²) in [5, 5.41) is 6.84. The molecule has 3 aromatic rings. The molecule has 0 radical (unpaired) electrons. The van der Waals surface area contributed by atoms with Crippen LogP contribution in [0.25, 0.3) is 10.6 Å². The first kappa shape index (κ1) is 18.1. The molecule has 0 bridgehead atoms. The summed E-state index contributed by atoms with van der Waals surface area (Å²) < 4.78 is 39.1. The fraction of sp³-hybridized carbons (Fsp3) is 0.235. The molecule has 1 N–H and O–H groups in total. The highest BCUT2D eigenvalue weighted by Crippen LogP contribution is 2.30. The van der Waals surface area contributed by atoms with E-state index >= 15 is 0 Å². The lowest BCUT2D eigenvalue weighted by molar-refractivity contribution is -0.141. The number of amides is 1. The van der Waals surface area contributed by atoms with Gasteiger partial charge < -0.3 is 5.32 Å². The standard InChI is InChI=1S/C17H15F3N4OS/c1-10(13-9-21-16(26-13)11-6-4-3-5-7-11)22-15(25)12-8-14(17(18,19)20)23-24(12)2/h3-10H,1-2H3,(H,22,25)/t10-/m0/s1. The highest BCUT2D eigenvalue weighted by Gasteiger charge is 2.35. The summed E-state index contributed by atoms with van der Waals surface area (Å²) in [7, 11) is 1.30. The highest BCUT2D eigenvalue weighted by molar-refractivity contribution is 7.15. The molecule has 5 nitrogen and oxygen atoms in total. The summed E-state index contributed by atoms with van der Waals surface area (Å²) in [5.41, 5.74) is -0.289. The van der Waals surface area contributed by atoms with Crippen molar-refractivity contribution in [3.05, 3.63) is 58.9 Å². The van der Waals surface area contributed by atoms with E-state index in [1.54, 1.807) is 13.1 Å². The van der Waals surface area contributed by atoms with E-state index in [1.165, 1.54) is 18.4 Å². The minimum absolute atomic E-state index is 0.156. The van der Waals surface area contributed by atoms with Gasteiger partial charge in [-0.15, -0.1) is 11.3 Å². The summed E-state index contributed by atoms with van der Waals surface area (Å²) in [6, 6.07) is 9.92. The van der Waals surface area contributed by atoms with E-state index in [1.807, 2.05) is 30.3 Å². The van der Waals surface area contributed by atoms with Crippen molar-refractivity contribution >= 4 is 17.2 Å². The second kappa shape index (κ2) is 6.91. The molecule has 0 saturated carbocycles. The summed E-state index contributed by atoms with van der Waals surface area (Å²) in [5.74, 6) is -0.627. The zero-order valence-corrected chi connectivity index (χ0v) is 14.7. The molecule has 136 valence electrons. The highest BCUT2D eigenvalue weighted by atomic mass is 32.1. The van der Waals surface area contributed by atoms with E-state index in [0.29, 0.717) is 0 Å². The first-order valence-corrected chi connectivity index (χ1v) is 8.50. The van der Waals surface area contributed by atoms with Crippen LogP contribution in [0, 0.1) is 0 Å². The van der Waals surface area contributed by atoms with Gasteiger partial charge in [0.25, 0.3) is 5.91 Å². The molecule has 0 aliphatic carbocycles. The molecule has 0 unspecified atom stereocenters. The molecule has 1 aromatic carbocycles. The van der Waals surface area contributed by atoms with Crippen LogP contribution in [0.1, 0.15) is 34.0 Å². The van der Waals surface area contributed by atoms with Crippen LogP contribution in [0.5, 0.6) is 0 Å². The Balaban J connectivity index is 1.74. The molecule has 0 aliphatic heterocycles. The largest absolute Gasteiger partial charge is 0.435 e. The molecule has 0 aliphatic rings. The topological polar surface area (TPSA) is 59.8 Å². The average molecular weight is 380 g/mol. The van der Waals surface area contributed by atoms with Gasteiger partial charge in [-0.25, -0.2) is 4.98 Å². The molecule has 1 amide bonds. The molecule has 9 heteroatoms. The monoisotopic (exact) mass is 380 g/mol. The molecule has 0 fully saturated rings. The Morgan fingerprint density at radius 2 is 1.96 bits per heavy atom. The zero-order valence-electron chi connectivity index (χ0n) is 13.9. The Morgan fingerprint density at radius 1 is 1.27 bits per heavy atom. The molecule has 1 atom stereocenters. The van der Waals surface area contributed by atoms with Gasteiger partial charge in [0.2, 0.25) is 0 Å². The second-order valence-electron chi connectivity index (χ2n) is 5.67. The van der Waals surface area contributed by atoms with Gasteiger partial charge in [-0.05, 0) is 6.92 Å². The first-order chi connectivity index (χ1) is 12.3. The van der Waals surface area contributed by atoms with Crippen LogP contribution in [0.15, 0.2) is 42.6 Å². The third-order valence-electron chi connectivity index (χ3n) is 3.72.